The van der Waals surface area contributed by atoms with E-state index >= 15 is 0 Å². The van der Waals surface area contributed by atoms with Crippen molar-refractivity contribution in [1.82, 2.24) is 4.98 Å². The van der Waals surface area contributed by atoms with Crippen LogP contribution in [-0.2, 0) is 29.3 Å². The maximum atomic E-state index is 13.0. The van der Waals surface area contributed by atoms with Gasteiger partial charge in [0, 0.05) is 24.6 Å². The van der Waals surface area contributed by atoms with E-state index in [9.17, 15) is 13.2 Å². The molecule has 0 radical (unpaired) electrons. The average Bonchev–Trinajstić information content (AvgIpc) is 3.22. The molecule has 1 amide bonds. The maximum Gasteiger partial charge on any atom is 0.261 e. The number of hydrogen-bond donors (Lipinski definition) is 1. The number of anilines is 2. The maximum absolute atomic E-state index is 13.0. The molecule has 2 aromatic carbocycles. The number of rotatable bonds is 4. The molecule has 2 heterocycles. The van der Waals surface area contributed by atoms with Crippen molar-refractivity contribution in [3.63, 3.8) is 0 Å². The molecule has 158 valence electrons. The van der Waals surface area contributed by atoms with Crippen LogP contribution in [0.15, 0.2) is 65.8 Å². The van der Waals surface area contributed by atoms with E-state index in [2.05, 4.69) is 9.71 Å². The Hall–Kier alpha value is -3.19. The van der Waals surface area contributed by atoms with Gasteiger partial charge in [-0.3, -0.25) is 14.5 Å². The van der Waals surface area contributed by atoms with E-state index in [1.165, 1.54) is 5.56 Å². The molecule has 0 saturated carbocycles. The number of carbonyl (C=O) groups is 1. The zero-order chi connectivity index (χ0) is 21.4. The Balaban J connectivity index is 1.42. The van der Waals surface area contributed by atoms with Crippen molar-refractivity contribution >= 4 is 27.3 Å². The second-order valence-electron chi connectivity index (χ2n) is 8.04. The summed E-state index contributed by atoms with van der Waals surface area (Å²) in [5.41, 5.74) is 5.08. The van der Waals surface area contributed by atoms with Gasteiger partial charge in [-0.1, -0.05) is 12.1 Å². The Morgan fingerprint density at radius 2 is 1.74 bits per heavy atom. The van der Waals surface area contributed by atoms with Crippen molar-refractivity contribution in [2.45, 2.75) is 37.0 Å². The lowest BCUT2D eigenvalue weighted by molar-refractivity contribution is 0.0989. The summed E-state index contributed by atoms with van der Waals surface area (Å²) in [6, 6.07) is 14.2. The highest BCUT2D eigenvalue weighted by atomic mass is 32.2. The van der Waals surface area contributed by atoms with Crippen LogP contribution in [0.1, 0.15) is 39.9 Å². The van der Waals surface area contributed by atoms with Crippen LogP contribution in [-0.4, -0.2) is 25.9 Å². The Labute approximate surface area is 182 Å². The number of hydrogen-bond acceptors (Lipinski definition) is 4. The molecule has 0 fully saturated rings. The van der Waals surface area contributed by atoms with E-state index in [0.29, 0.717) is 17.8 Å². The minimum atomic E-state index is -3.72. The van der Waals surface area contributed by atoms with Gasteiger partial charge in [-0.2, -0.15) is 0 Å². The molecule has 0 atom stereocenters. The molecule has 31 heavy (non-hydrogen) atoms. The van der Waals surface area contributed by atoms with Crippen molar-refractivity contribution < 1.29 is 13.2 Å². The highest BCUT2D eigenvalue weighted by molar-refractivity contribution is 7.92. The van der Waals surface area contributed by atoms with Crippen LogP contribution in [0, 0.1) is 0 Å². The van der Waals surface area contributed by atoms with Crippen LogP contribution in [0.5, 0.6) is 0 Å². The molecule has 3 aromatic rings. The third-order valence-electron chi connectivity index (χ3n) is 6.02. The summed E-state index contributed by atoms with van der Waals surface area (Å²) in [4.78, 5) is 18.9. The molecule has 0 saturated heterocycles. The van der Waals surface area contributed by atoms with E-state index in [0.717, 1.165) is 48.9 Å². The van der Waals surface area contributed by atoms with Gasteiger partial charge in [0.25, 0.3) is 15.9 Å². The van der Waals surface area contributed by atoms with Crippen LogP contribution in [0.3, 0.4) is 0 Å². The van der Waals surface area contributed by atoms with E-state index in [1.54, 1.807) is 53.7 Å². The number of benzene rings is 2. The molecule has 6 nitrogen and oxygen atoms in total. The van der Waals surface area contributed by atoms with Crippen LogP contribution >= 0.6 is 0 Å². The van der Waals surface area contributed by atoms with Crippen LogP contribution < -0.4 is 9.62 Å². The minimum absolute atomic E-state index is 0.137. The first-order valence-electron chi connectivity index (χ1n) is 10.5. The third-order valence-corrected chi connectivity index (χ3v) is 7.40. The summed E-state index contributed by atoms with van der Waals surface area (Å²) in [5, 5.41) is 0. The summed E-state index contributed by atoms with van der Waals surface area (Å²) in [6.07, 6.45) is 8.08. The van der Waals surface area contributed by atoms with E-state index in [1.807, 2.05) is 12.1 Å². The van der Waals surface area contributed by atoms with Crippen molar-refractivity contribution in [2.24, 2.45) is 0 Å². The number of nitrogens with one attached hydrogen (secondary N) is 1. The van der Waals surface area contributed by atoms with E-state index in [-0.39, 0.29) is 10.8 Å². The fourth-order valence-electron chi connectivity index (χ4n) is 4.39. The van der Waals surface area contributed by atoms with Gasteiger partial charge in [-0.05, 0) is 85.2 Å². The number of sulfonamides is 1. The number of pyridine rings is 1. The van der Waals surface area contributed by atoms with Crippen molar-refractivity contribution in [3.05, 3.63) is 83.2 Å². The van der Waals surface area contributed by atoms with Gasteiger partial charge in [-0.25, -0.2) is 8.42 Å². The SMILES string of the molecule is O=C(c1cccnc1)N1CCc2ccc(NS(=O)(=O)c3ccc4c(c3)CCCC4)cc21. The summed E-state index contributed by atoms with van der Waals surface area (Å²) in [6.45, 7) is 0.560. The molecular weight excluding hydrogens is 410 g/mol. The predicted molar refractivity (Wildman–Crippen MR) is 120 cm³/mol. The van der Waals surface area contributed by atoms with Crippen LogP contribution in [0.4, 0.5) is 11.4 Å². The van der Waals surface area contributed by atoms with Crippen LogP contribution in [0.25, 0.3) is 0 Å². The lowest BCUT2D eigenvalue weighted by Gasteiger charge is -2.19. The summed E-state index contributed by atoms with van der Waals surface area (Å²) >= 11 is 0. The van der Waals surface area contributed by atoms with Gasteiger partial charge >= 0.3 is 0 Å². The second-order valence-corrected chi connectivity index (χ2v) is 9.72. The smallest absolute Gasteiger partial charge is 0.261 e. The Morgan fingerprint density at radius 3 is 2.55 bits per heavy atom. The Morgan fingerprint density at radius 1 is 0.935 bits per heavy atom. The topological polar surface area (TPSA) is 79.4 Å². The van der Waals surface area contributed by atoms with Gasteiger partial charge < -0.3 is 4.90 Å². The third kappa shape index (κ3) is 3.81. The first kappa shape index (κ1) is 19.8. The van der Waals surface area contributed by atoms with Gasteiger partial charge in [-0.15, -0.1) is 0 Å². The molecule has 7 heteroatoms. The molecular formula is C24H23N3O3S. The van der Waals surface area contributed by atoms with Gasteiger partial charge in [0.2, 0.25) is 0 Å². The lowest BCUT2D eigenvalue weighted by Crippen LogP contribution is -2.29. The minimum Gasteiger partial charge on any atom is -0.308 e. The molecule has 0 spiro atoms. The zero-order valence-electron chi connectivity index (χ0n) is 17.0. The monoisotopic (exact) mass is 433 g/mol. The summed E-state index contributed by atoms with van der Waals surface area (Å²) < 4.78 is 28.7. The molecule has 5 rings (SSSR count). The van der Waals surface area contributed by atoms with Crippen molar-refractivity contribution in [3.8, 4) is 0 Å². The van der Waals surface area contributed by atoms with Crippen LogP contribution in [0.2, 0.25) is 0 Å². The molecule has 1 aliphatic carbocycles. The number of amides is 1. The molecule has 1 aliphatic heterocycles. The average molecular weight is 434 g/mol. The largest absolute Gasteiger partial charge is 0.308 e. The molecule has 0 bridgehead atoms. The molecule has 1 N–H and O–H groups in total. The number of aromatic nitrogens is 1. The van der Waals surface area contributed by atoms with E-state index in [4.69, 9.17) is 0 Å². The molecule has 2 aliphatic rings. The Bertz CT molecular complexity index is 1260. The first-order valence-corrected chi connectivity index (χ1v) is 12.0. The number of fused-ring (bicyclic) bond motifs is 2. The summed E-state index contributed by atoms with van der Waals surface area (Å²) in [7, 11) is -3.72. The number of carbonyl (C=O) groups excluding carboxylic acids is 1. The quantitative estimate of drug-likeness (QED) is 0.675. The fraction of sp³-hybridized carbons (Fsp3) is 0.250. The van der Waals surface area contributed by atoms with Gasteiger partial charge in [0.05, 0.1) is 16.1 Å². The fourth-order valence-corrected chi connectivity index (χ4v) is 5.49. The van der Waals surface area contributed by atoms with Gasteiger partial charge in [0.15, 0.2) is 0 Å². The van der Waals surface area contributed by atoms with Crippen molar-refractivity contribution in [1.29, 1.82) is 0 Å². The molecule has 0 unspecified atom stereocenters. The number of aryl methyl sites for hydroxylation is 2. The lowest BCUT2D eigenvalue weighted by atomic mass is 9.92. The highest BCUT2D eigenvalue weighted by Crippen LogP contribution is 2.33. The molecule has 1 aromatic heterocycles. The first-order chi connectivity index (χ1) is 15.0. The second kappa shape index (κ2) is 7.81. The normalized spacial score (nSPS) is 15.3. The standard InChI is InChI=1S/C24H23N3O3S/c28-24(20-6-3-12-25-16-20)27-13-11-18-7-9-21(15-23(18)27)26-31(29,30)22-10-8-17-4-1-2-5-19(17)14-22/h3,6-10,12,14-16,26H,1-2,4-5,11,13H2. The Kier molecular flexibility index (Phi) is 4.98. The van der Waals surface area contributed by atoms with Gasteiger partial charge in [0.1, 0.15) is 0 Å². The summed E-state index contributed by atoms with van der Waals surface area (Å²) in [5.74, 6) is -0.137. The van der Waals surface area contributed by atoms with Crippen molar-refractivity contribution in [2.75, 3.05) is 16.2 Å². The highest BCUT2D eigenvalue weighted by Gasteiger charge is 2.27. The predicted octanol–water partition coefficient (Wildman–Crippen LogP) is 3.96. The van der Waals surface area contributed by atoms with E-state index < -0.39 is 10.0 Å². The zero-order valence-corrected chi connectivity index (χ0v) is 17.9. The number of nitrogens with zero attached hydrogens (tertiary/aromatic N) is 2.